The number of carbonyl (C=O) groups is 1. The van der Waals surface area contributed by atoms with Crippen molar-refractivity contribution in [3.63, 3.8) is 0 Å². The molecule has 1 aromatic carbocycles. The fraction of sp³-hybridized carbons (Fsp3) is 0.462. The van der Waals surface area contributed by atoms with Crippen LogP contribution in [0.25, 0.3) is 0 Å². The minimum atomic E-state index is -2.86. The van der Waals surface area contributed by atoms with Crippen LogP contribution < -0.4 is 5.32 Å². The molecule has 130 valence electrons. The lowest BCUT2D eigenvalue weighted by atomic mass is 10.1. The zero-order valence-corrected chi connectivity index (χ0v) is 13.7. The van der Waals surface area contributed by atoms with Crippen LogP contribution in [0.2, 0.25) is 6.55 Å². The molecule has 1 amide bonds. The van der Waals surface area contributed by atoms with Gasteiger partial charge in [-0.25, -0.2) is 22.0 Å². The molecule has 0 unspecified atom stereocenters. The highest BCUT2D eigenvalue weighted by Gasteiger charge is 2.34. The van der Waals surface area contributed by atoms with Crippen molar-refractivity contribution in [1.29, 1.82) is 0 Å². The number of amides is 1. The first-order chi connectivity index (χ1) is 10.7. The Morgan fingerprint density at radius 2 is 1.30 bits per heavy atom. The number of hydrogen-bond donors (Lipinski definition) is 1. The molecule has 0 aromatic heterocycles. The van der Waals surface area contributed by atoms with Crippen LogP contribution in [-0.4, -0.2) is 33.8 Å². The molecule has 0 spiro atoms. The van der Waals surface area contributed by atoms with Gasteiger partial charge in [0.1, 0.15) is 5.56 Å². The second kappa shape index (κ2) is 7.84. The first kappa shape index (κ1) is 19.5. The molecular formula is C13H16F5NO3Si. The quantitative estimate of drug-likeness (QED) is 0.353. The Morgan fingerprint density at radius 1 is 0.913 bits per heavy atom. The molecule has 0 radical (unpaired) electrons. The molecule has 0 fully saturated rings. The first-order valence-corrected chi connectivity index (χ1v) is 9.28. The van der Waals surface area contributed by atoms with Gasteiger partial charge in [0.2, 0.25) is 5.82 Å². The van der Waals surface area contributed by atoms with Crippen LogP contribution in [0.5, 0.6) is 0 Å². The number of hydrogen-bond acceptors (Lipinski definition) is 3. The molecule has 0 aliphatic heterocycles. The van der Waals surface area contributed by atoms with Crippen molar-refractivity contribution in [2.45, 2.75) is 20.4 Å². The highest BCUT2D eigenvalue weighted by molar-refractivity contribution is 6.66. The van der Waals surface area contributed by atoms with Crippen LogP contribution in [0.15, 0.2) is 0 Å². The Hall–Kier alpha value is -1.52. The summed E-state index contributed by atoms with van der Waals surface area (Å²) in [5, 5.41) is 2.10. The van der Waals surface area contributed by atoms with E-state index in [1.165, 1.54) is 0 Å². The lowest BCUT2D eigenvalue weighted by Crippen LogP contribution is -2.50. The maximum atomic E-state index is 13.5. The molecule has 0 aliphatic rings. The monoisotopic (exact) mass is 357 g/mol. The summed E-state index contributed by atoms with van der Waals surface area (Å²) in [6.45, 7) is 5.54. The molecule has 0 heterocycles. The number of benzene rings is 1. The lowest BCUT2D eigenvalue weighted by molar-refractivity contribution is 0.0937. The summed E-state index contributed by atoms with van der Waals surface area (Å²) in [5.74, 6) is -12.5. The van der Waals surface area contributed by atoms with E-state index in [0.717, 1.165) is 0 Å². The van der Waals surface area contributed by atoms with Crippen molar-refractivity contribution in [3.8, 4) is 0 Å². The van der Waals surface area contributed by atoms with Gasteiger partial charge in [0, 0.05) is 13.2 Å². The SMILES string of the molecule is CCO[Si](C)(CNC(=O)c1c(F)c(F)c(F)c(F)c1F)OCC. The topological polar surface area (TPSA) is 47.6 Å². The average molecular weight is 357 g/mol. The third-order valence-electron chi connectivity index (χ3n) is 2.91. The van der Waals surface area contributed by atoms with Crippen molar-refractivity contribution in [3.05, 3.63) is 34.6 Å². The van der Waals surface area contributed by atoms with Gasteiger partial charge in [0.15, 0.2) is 23.3 Å². The van der Waals surface area contributed by atoms with Crippen molar-refractivity contribution in [2.24, 2.45) is 0 Å². The van der Waals surface area contributed by atoms with E-state index in [9.17, 15) is 26.7 Å². The van der Waals surface area contributed by atoms with E-state index in [1.807, 2.05) is 0 Å². The second-order valence-electron chi connectivity index (χ2n) is 4.63. The Balaban J connectivity index is 3.03. The van der Waals surface area contributed by atoms with Crippen LogP contribution in [0.3, 0.4) is 0 Å². The largest absolute Gasteiger partial charge is 0.394 e. The smallest absolute Gasteiger partial charge is 0.354 e. The van der Waals surface area contributed by atoms with Crippen LogP contribution in [-0.2, 0) is 8.85 Å². The van der Waals surface area contributed by atoms with Gasteiger partial charge in [-0.3, -0.25) is 4.79 Å². The normalized spacial score (nSPS) is 11.7. The standard InChI is InChI=1S/C13H16F5NO3Si/c1-4-21-23(3,22-5-2)6-19-13(20)7-8(14)10(16)12(18)11(17)9(7)15/h4-6H2,1-3H3,(H,19,20). The molecule has 0 saturated heterocycles. The summed E-state index contributed by atoms with van der Waals surface area (Å²) >= 11 is 0. The highest BCUT2D eigenvalue weighted by atomic mass is 28.4. The Kier molecular flexibility index (Phi) is 6.65. The van der Waals surface area contributed by atoms with Gasteiger partial charge in [-0.1, -0.05) is 0 Å². The fourth-order valence-corrected chi connectivity index (χ4v) is 3.88. The molecule has 0 atom stereocenters. The predicted molar refractivity (Wildman–Crippen MR) is 73.4 cm³/mol. The van der Waals surface area contributed by atoms with E-state index in [2.05, 4.69) is 5.32 Å². The number of rotatable bonds is 7. The van der Waals surface area contributed by atoms with Crippen LogP contribution in [0.4, 0.5) is 22.0 Å². The summed E-state index contributed by atoms with van der Waals surface area (Å²) in [6, 6.07) is 0. The minimum absolute atomic E-state index is 0.215. The second-order valence-corrected chi connectivity index (χ2v) is 7.83. The molecule has 1 aromatic rings. The summed E-state index contributed by atoms with van der Waals surface area (Å²) in [6.07, 6.45) is -0.215. The molecule has 23 heavy (non-hydrogen) atoms. The fourth-order valence-electron chi connectivity index (χ4n) is 1.89. The van der Waals surface area contributed by atoms with Gasteiger partial charge < -0.3 is 14.2 Å². The molecule has 4 nitrogen and oxygen atoms in total. The predicted octanol–water partition coefficient (Wildman–Crippen LogP) is 2.80. The van der Waals surface area contributed by atoms with Crippen LogP contribution in [0, 0.1) is 29.1 Å². The molecule has 1 N–H and O–H groups in total. The zero-order chi connectivity index (χ0) is 17.8. The molecule has 0 saturated carbocycles. The van der Waals surface area contributed by atoms with Gasteiger partial charge in [-0.05, 0) is 20.4 Å². The van der Waals surface area contributed by atoms with Crippen molar-refractivity contribution in [2.75, 3.05) is 19.4 Å². The Labute approximate surface area is 130 Å². The number of halogens is 5. The van der Waals surface area contributed by atoms with Gasteiger partial charge >= 0.3 is 8.56 Å². The summed E-state index contributed by atoms with van der Waals surface area (Å²) in [4.78, 5) is 11.8. The van der Waals surface area contributed by atoms with Crippen molar-refractivity contribution >= 4 is 14.5 Å². The van der Waals surface area contributed by atoms with Crippen LogP contribution >= 0.6 is 0 Å². The van der Waals surface area contributed by atoms with Gasteiger partial charge in [0.05, 0.1) is 6.17 Å². The van der Waals surface area contributed by atoms with E-state index >= 15 is 0 Å². The van der Waals surface area contributed by atoms with Crippen LogP contribution in [0.1, 0.15) is 24.2 Å². The third-order valence-corrected chi connectivity index (χ3v) is 5.52. The Morgan fingerprint density at radius 3 is 1.70 bits per heavy atom. The summed E-state index contributed by atoms with van der Waals surface area (Å²) in [5.41, 5.74) is -1.54. The highest BCUT2D eigenvalue weighted by Crippen LogP contribution is 2.23. The molecule has 0 aliphatic carbocycles. The number of carbonyl (C=O) groups excluding carboxylic acids is 1. The van der Waals surface area contributed by atoms with Crippen molar-refractivity contribution < 1.29 is 35.6 Å². The average Bonchev–Trinajstić information content (AvgIpc) is 2.50. The molecular weight excluding hydrogens is 341 g/mol. The van der Waals surface area contributed by atoms with E-state index in [1.54, 1.807) is 20.4 Å². The van der Waals surface area contributed by atoms with E-state index in [0.29, 0.717) is 0 Å². The molecule has 0 bridgehead atoms. The Bertz CT molecular complexity index is 564. The summed E-state index contributed by atoms with van der Waals surface area (Å²) < 4.78 is 77.0. The van der Waals surface area contributed by atoms with E-state index < -0.39 is 49.1 Å². The maximum Gasteiger partial charge on any atom is 0.354 e. The molecule has 1 rings (SSSR count). The third kappa shape index (κ3) is 4.27. The lowest BCUT2D eigenvalue weighted by Gasteiger charge is -2.26. The van der Waals surface area contributed by atoms with Gasteiger partial charge in [-0.2, -0.15) is 0 Å². The minimum Gasteiger partial charge on any atom is -0.394 e. The summed E-state index contributed by atoms with van der Waals surface area (Å²) in [7, 11) is -2.86. The zero-order valence-electron chi connectivity index (χ0n) is 12.7. The van der Waals surface area contributed by atoms with E-state index in [-0.39, 0.29) is 19.4 Å². The number of nitrogens with one attached hydrogen (secondary N) is 1. The molecule has 10 heteroatoms. The van der Waals surface area contributed by atoms with Crippen molar-refractivity contribution in [1.82, 2.24) is 5.32 Å². The van der Waals surface area contributed by atoms with Gasteiger partial charge in [0.25, 0.3) is 5.91 Å². The maximum absolute atomic E-state index is 13.5. The first-order valence-electron chi connectivity index (χ1n) is 6.76. The van der Waals surface area contributed by atoms with E-state index in [4.69, 9.17) is 8.85 Å². The van der Waals surface area contributed by atoms with Gasteiger partial charge in [-0.15, -0.1) is 0 Å².